The maximum Gasteiger partial charge on any atom is 0.224 e. The van der Waals surface area contributed by atoms with E-state index in [9.17, 15) is 0 Å². The summed E-state index contributed by atoms with van der Waals surface area (Å²) in [6.07, 6.45) is 1.55. The Morgan fingerprint density at radius 2 is 1.79 bits per heavy atom. The normalized spacial score (nSPS) is 10.6. The van der Waals surface area contributed by atoms with Crippen LogP contribution in [0.2, 0.25) is 0 Å². The number of anilines is 2. The topological polar surface area (TPSA) is 120 Å². The van der Waals surface area contributed by atoms with Gasteiger partial charge in [0, 0.05) is 6.54 Å². The molecule has 0 bridgehead atoms. The third kappa shape index (κ3) is 2.83. The van der Waals surface area contributed by atoms with Gasteiger partial charge in [0.05, 0.1) is 27.7 Å². The van der Waals surface area contributed by atoms with Crippen LogP contribution >= 0.6 is 0 Å². The molecule has 9 nitrogen and oxygen atoms in total. The third-order valence-corrected chi connectivity index (χ3v) is 3.49. The Hall–Kier alpha value is -3.23. The molecule has 24 heavy (non-hydrogen) atoms. The van der Waals surface area contributed by atoms with Crippen molar-refractivity contribution in [3.8, 4) is 17.2 Å². The highest BCUT2D eigenvalue weighted by Crippen LogP contribution is 2.38. The van der Waals surface area contributed by atoms with Crippen LogP contribution < -0.4 is 25.3 Å². The molecule has 9 heteroatoms. The monoisotopic (exact) mass is 330 g/mol. The number of H-pyrrole nitrogens is 1. The Bertz CT molecular complexity index is 839. The van der Waals surface area contributed by atoms with Crippen molar-refractivity contribution >= 4 is 22.9 Å². The van der Waals surface area contributed by atoms with Crippen molar-refractivity contribution in [2.45, 2.75) is 6.54 Å². The number of benzene rings is 1. The summed E-state index contributed by atoms with van der Waals surface area (Å²) < 4.78 is 16.0. The van der Waals surface area contributed by atoms with E-state index in [0.29, 0.717) is 40.8 Å². The number of imidazole rings is 1. The summed E-state index contributed by atoms with van der Waals surface area (Å²) in [5.41, 5.74) is 7.84. The number of hydrogen-bond donors (Lipinski definition) is 3. The number of nitrogens with zero attached hydrogens (tertiary/aromatic N) is 3. The summed E-state index contributed by atoms with van der Waals surface area (Å²) in [7, 11) is 4.72. The molecule has 0 spiro atoms. The minimum atomic E-state index is 0.155. The molecule has 0 aliphatic heterocycles. The Balaban J connectivity index is 1.89. The zero-order valence-electron chi connectivity index (χ0n) is 13.6. The van der Waals surface area contributed by atoms with Gasteiger partial charge < -0.3 is 30.2 Å². The average molecular weight is 330 g/mol. The lowest BCUT2D eigenvalue weighted by Gasteiger charge is -2.14. The van der Waals surface area contributed by atoms with Crippen LogP contribution in [0.25, 0.3) is 11.2 Å². The molecular weight excluding hydrogens is 312 g/mol. The highest BCUT2D eigenvalue weighted by molar-refractivity contribution is 5.83. The fourth-order valence-electron chi connectivity index (χ4n) is 2.40. The van der Waals surface area contributed by atoms with E-state index in [1.54, 1.807) is 27.7 Å². The number of nitrogen functional groups attached to an aromatic ring is 1. The van der Waals surface area contributed by atoms with E-state index in [1.807, 2.05) is 12.1 Å². The van der Waals surface area contributed by atoms with Crippen LogP contribution in [0.5, 0.6) is 17.2 Å². The van der Waals surface area contributed by atoms with Gasteiger partial charge in [0.25, 0.3) is 0 Å². The molecule has 0 radical (unpaired) electrons. The van der Waals surface area contributed by atoms with Crippen molar-refractivity contribution in [3.05, 3.63) is 24.0 Å². The largest absolute Gasteiger partial charge is 0.493 e. The van der Waals surface area contributed by atoms with E-state index in [-0.39, 0.29) is 5.95 Å². The molecule has 0 unspecified atom stereocenters. The summed E-state index contributed by atoms with van der Waals surface area (Å²) in [6, 6.07) is 3.73. The van der Waals surface area contributed by atoms with Crippen LogP contribution in [0.15, 0.2) is 18.5 Å². The summed E-state index contributed by atoms with van der Waals surface area (Å²) in [4.78, 5) is 15.3. The molecule has 3 aromatic rings. The highest BCUT2D eigenvalue weighted by Gasteiger charge is 2.14. The standard InChI is InChI=1S/C15H18N6O3/c1-22-9-4-8(5-10(23-2)12(9)24-3)6-17-13-11-14(19-7-18-11)21-15(16)20-13/h4-5,7H,6H2,1-3H3,(H4,16,17,18,19,20,21). The van der Waals surface area contributed by atoms with Gasteiger partial charge in [-0.25, -0.2) is 4.98 Å². The lowest BCUT2D eigenvalue weighted by Crippen LogP contribution is -2.06. The molecule has 1 aromatic carbocycles. The fraction of sp³-hybridized carbons (Fsp3) is 0.267. The molecule has 0 aliphatic rings. The Morgan fingerprint density at radius 1 is 1.08 bits per heavy atom. The molecule has 2 heterocycles. The van der Waals surface area contributed by atoms with Gasteiger partial charge in [-0.05, 0) is 17.7 Å². The first-order chi connectivity index (χ1) is 11.7. The molecule has 0 saturated carbocycles. The minimum Gasteiger partial charge on any atom is -0.493 e. The smallest absolute Gasteiger partial charge is 0.224 e. The second-order valence-electron chi connectivity index (χ2n) is 4.92. The molecule has 2 aromatic heterocycles. The van der Waals surface area contributed by atoms with Crippen molar-refractivity contribution in [1.29, 1.82) is 0 Å². The lowest BCUT2D eigenvalue weighted by atomic mass is 10.1. The number of nitrogens with two attached hydrogens (primary N) is 1. The van der Waals surface area contributed by atoms with Gasteiger partial charge in [0.1, 0.15) is 5.52 Å². The van der Waals surface area contributed by atoms with Crippen molar-refractivity contribution < 1.29 is 14.2 Å². The van der Waals surface area contributed by atoms with Gasteiger partial charge in [-0.15, -0.1) is 0 Å². The molecule has 0 saturated heterocycles. The predicted octanol–water partition coefficient (Wildman–Crippen LogP) is 1.57. The molecule has 0 aliphatic carbocycles. The molecule has 0 atom stereocenters. The summed E-state index contributed by atoms with van der Waals surface area (Å²) in [5, 5.41) is 3.22. The molecular formula is C15H18N6O3. The zero-order chi connectivity index (χ0) is 17.1. The van der Waals surface area contributed by atoms with E-state index >= 15 is 0 Å². The van der Waals surface area contributed by atoms with Gasteiger partial charge in [0.2, 0.25) is 11.7 Å². The van der Waals surface area contributed by atoms with Crippen molar-refractivity contribution in [3.63, 3.8) is 0 Å². The first kappa shape index (κ1) is 15.7. The second kappa shape index (κ2) is 6.49. The number of aromatic nitrogens is 4. The van der Waals surface area contributed by atoms with Crippen LogP contribution in [-0.2, 0) is 6.54 Å². The number of aromatic amines is 1. The number of hydrogen-bond acceptors (Lipinski definition) is 8. The van der Waals surface area contributed by atoms with Crippen molar-refractivity contribution in [2.75, 3.05) is 32.4 Å². The van der Waals surface area contributed by atoms with E-state index in [0.717, 1.165) is 5.56 Å². The first-order valence-electron chi connectivity index (χ1n) is 7.15. The predicted molar refractivity (Wildman–Crippen MR) is 89.5 cm³/mol. The van der Waals surface area contributed by atoms with Crippen LogP contribution in [0.1, 0.15) is 5.56 Å². The number of methoxy groups -OCH3 is 3. The molecule has 4 N–H and O–H groups in total. The van der Waals surface area contributed by atoms with Crippen LogP contribution in [-0.4, -0.2) is 41.3 Å². The molecule has 0 amide bonds. The second-order valence-corrected chi connectivity index (χ2v) is 4.92. The Kier molecular flexibility index (Phi) is 4.23. The maximum absolute atomic E-state index is 5.71. The van der Waals surface area contributed by atoms with Gasteiger partial charge in [-0.3, -0.25) is 0 Å². The zero-order valence-corrected chi connectivity index (χ0v) is 13.6. The number of fused-ring (bicyclic) bond motifs is 1. The van der Waals surface area contributed by atoms with Crippen LogP contribution in [0.3, 0.4) is 0 Å². The van der Waals surface area contributed by atoms with Crippen molar-refractivity contribution in [2.24, 2.45) is 0 Å². The molecule has 126 valence electrons. The van der Waals surface area contributed by atoms with Crippen molar-refractivity contribution in [1.82, 2.24) is 19.9 Å². The summed E-state index contributed by atoms with van der Waals surface area (Å²) in [6.45, 7) is 0.473. The van der Waals surface area contributed by atoms with E-state index in [1.165, 1.54) is 0 Å². The van der Waals surface area contributed by atoms with Crippen LogP contribution in [0, 0.1) is 0 Å². The first-order valence-corrected chi connectivity index (χ1v) is 7.15. The Morgan fingerprint density at radius 3 is 2.42 bits per heavy atom. The SMILES string of the molecule is COc1cc(CNc2nc(N)nc3nc[nH]c23)cc(OC)c1OC. The number of rotatable bonds is 6. The molecule has 0 fully saturated rings. The third-order valence-electron chi connectivity index (χ3n) is 3.49. The van der Waals surface area contributed by atoms with E-state index in [2.05, 4.69) is 25.3 Å². The molecule has 3 rings (SSSR count). The van der Waals surface area contributed by atoms with Gasteiger partial charge in [-0.2, -0.15) is 9.97 Å². The minimum absolute atomic E-state index is 0.155. The maximum atomic E-state index is 5.71. The summed E-state index contributed by atoms with van der Waals surface area (Å²) >= 11 is 0. The van der Waals surface area contributed by atoms with E-state index < -0.39 is 0 Å². The number of ether oxygens (including phenoxy) is 3. The number of nitrogens with one attached hydrogen (secondary N) is 2. The van der Waals surface area contributed by atoms with Gasteiger partial charge in [0.15, 0.2) is 23.0 Å². The Labute approximate surface area is 138 Å². The van der Waals surface area contributed by atoms with Gasteiger partial charge >= 0.3 is 0 Å². The average Bonchev–Trinajstić information content (AvgIpc) is 3.06. The van der Waals surface area contributed by atoms with E-state index in [4.69, 9.17) is 19.9 Å². The van der Waals surface area contributed by atoms with Crippen LogP contribution in [0.4, 0.5) is 11.8 Å². The lowest BCUT2D eigenvalue weighted by molar-refractivity contribution is 0.324. The summed E-state index contributed by atoms with van der Waals surface area (Å²) in [5.74, 6) is 2.45. The highest BCUT2D eigenvalue weighted by atomic mass is 16.5. The van der Waals surface area contributed by atoms with Gasteiger partial charge in [-0.1, -0.05) is 0 Å². The fourth-order valence-corrected chi connectivity index (χ4v) is 2.40. The quantitative estimate of drug-likeness (QED) is 0.623.